The first kappa shape index (κ1) is 14.4. The fourth-order valence-electron chi connectivity index (χ4n) is 1.52. The van der Waals surface area contributed by atoms with Crippen molar-refractivity contribution in [1.82, 2.24) is 4.98 Å². The van der Waals surface area contributed by atoms with E-state index in [4.69, 9.17) is 11.6 Å². The molecule has 1 heterocycles. The van der Waals surface area contributed by atoms with Crippen LogP contribution in [0.2, 0.25) is 0 Å². The van der Waals surface area contributed by atoms with Gasteiger partial charge in [-0.25, -0.2) is 9.37 Å². The molecule has 1 aromatic heterocycles. The third-order valence-corrected chi connectivity index (χ3v) is 4.79. The molecule has 1 atom stereocenters. The smallest absolute Gasteiger partial charge is 0.133 e. The van der Waals surface area contributed by atoms with E-state index < -0.39 is 10.8 Å². The average molecular weight is 316 g/mol. The van der Waals surface area contributed by atoms with E-state index in [1.165, 1.54) is 17.4 Å². The Balaban J connectivity index is 2.14. The van der Waals surface area contributed by atoms with E-state index in [-0.39, 0.29) is 11.6 Å². The van der Waals surface area contributed by atoms with Crippen molar-refractivity contribution in [2.45, 2.75) is 5.75 Å². The predicted molar refractivity (Wildman–Crippen MR) is 79.2 cm³/mol. The molecule has 0 aliphatic heterocycles. The van der Waals surface area contributed by atoms with Crippen LogP contribution < -0.4 is 0 Å². The van der Waals surface area contributed by atoms with Crippen LogP contribution in [0.25, 0.3) is 10.6 Å². The molecule has 0 aliphatic rings. The molecule has 6 heteroatoms. The first-order valence-electron chi connectivity index (χ1n) is 5.44. The maximum Gasteiger partial charge on any atom is 0.133 e. The van der Waals surface area contributed by atoms with Gasteiger partial charge in [0.2, 0.25) is 0 Å². The van der Waals surface area contributed by atoms with E-state index >= 15 is 0 Å². The highest BCUT2D eigenvalue weighted by molar-refractivity contribution is 7.84. The van der Waals surface area contributed by atoms with Gasteiger partial charge in [-0.15, -0.1) is 11.3 Å². The summed E-state index contributed by atoms with van der Waals surface area (Å²) in [5.74, 6) is 0.240. The van der Waals surface area contributed by atoms with E-state index in [0.29, 0.717) is 27.1 Å². The Morgan fingerprint density at radius 1 is 1.47 bits per heavy atom. The fraction of sp³-hybridized carbons (Fsp3) is 0.154. The summed E-state index contributed by atoms with van der Waals surface area (Å²) < 4.78 is 25.3. The van der Waals surface area contributed by atoms with Crippen LogP contribution in [-0.4, -0.2) is 14.9 Å². The molecular formula is C13H11ClFNOS2. The largest absolute Gasteiger partial charge is 0.259 e. The van der Waals surface area contributed by atoms with Crippen LogP contribution in [0.5, 0.6) is 0 Å². The molecule has 0 spiro atoms. The van der Waals surface area contributed by atoms with Crippen molar-refractivity contribution in [3.8, 4) is 10.6 Å². The highest BCUT2D eigenvalue weighted by Gasteiger charge is 2.11. The number of nitrogens with zero attached hydrogens (tertiary/aromatic N) is 1. The third-order valence-electron chi connectivity index (χ3n) is 2.28. The lowest BCUT2D eigenvalue weighted by atomic mass is 10.2. The predicted octanol–water partition coefficient (Wildman–Crippen LogP) is 3.95. The molecule has 100 valence electrons. The molecule has 19 heavy (non-hydrogen) atoms. The van der Waals surface area contributed by atoms with E-state index in [1.807, 2.05) is 0 Å². The second kappa shape index (κ2) is 6.41. The van der Waals surface area contributed by atoms with Crippen LogP contribution in [-0.2, 0) is 16.6 Å². The van der Waals surface area contributed by atoms with Crippen LogP contribution in [0.3, 0.4) is 0 Å². The van der Waals surface area contributed by atoms with Crippen molar-refractivity contribution in [3.05, 3.63) is 52.8 Å². The van der Waals surface area contributed by atoms with E-state index in [9.17, 15) is 8.60 Å². The van der Waals surface area contributed by atoms with Gasteiger partial charge in [-0.1, -0.05) is 30.3 Å². The van der Waals surface area contributed by atoms with Crippen molar-refractivity contribution in [3.63, 3.8) is 0 Å². The number of hydrogen-bond donors (Lipinski definition) is 0. The summed E-state index contributed by atoms with van der Waals surface area (Å²) in [4.78, 5) is 4.30. The molecule has 0 saturated carbocycles. The van der Waals surface area contributed by atoms with Crippen molar-refractivity contribution in [1.29, 1.82) is 0 Å². The van der Waals surface area contributed by atoms with Gasteiger partial charge >= 0.3 is 0 Å². The van der Waals surface area contributed by atoms with Gasteiger partial charge in [0.15, 0.2) is 0 Å². The highest BCUT2D eigenvalue weighted by Crippen LogP contribution is 2.26. The van der Waals surface area contributed by atoms with Crippen molar-refractivity contribution in [2.24, 2.45) is 0 Å². The quantitative estimate of drug-likeness (QED) is 0.836. The van der Waals surface area contributed by atoms with Crippen molar-refractivity contribution in [2.75, 3.05) is 5.75 Å². The zero-order valence-electron chi connectivity index (χ0n) is 9.94. The molecule has 0 amide bonds. The number of thiazole rings is 1. The molecule has 1 unspecified atom stereocenters. The SMILES string of the molecule is C=C(Cl)CS(=O)Cc1csc(-c2ccccc2F)n1. The minimum absolute atomic E-state index is 0.244. The molecule has 0 bridgehead atoms. The lowest BCUT2D eigenvalue weighted by Gasteiger charge is -1.98. The Morgan fingerprint density at radius 3 is 2.89 bits per heavy atom. The summed E-state index contributed by atoms with van der Waals surface area (Å²) in [6.45, 7) is 3.51. The van der Waals surface area contributed by atoms with Gasteiger partial charge in [0.1, 0.15) is 10.8 Å². The monoisotopic (exact) mass is 315 g/mol. The van der Waals surface area contributed by atoms with E-state index in [0.717, 1.165) is 0 Å². The summed E-state index contributed by atoms with van der Waals surface area (Å²) in [5, 5.41) is 2.74. The zero-order chi connectivity index (χ0) is 13.8. The van der Waals surface area contributed by atoms with Gasteiger partial charge in [0, 0.05) is 26.8 Å². The van der Waals surface area contributed by atoms with Crippen LogP contribution >= 0.6 is 22.9 Å². The van der Waals surface area contributed by atoms with E-state index in [1.54, 1.807) is 23.6 Å². The van der Waals surface area contributed by atoms with Gasteiger partial charge in [-0.3, -0.25) is 4.21 Å². The maximum atomic E-state index is 13.6. The van der Waals surface area contributed by atoms with Crippen LogP contribution in [0.1, 0.15) is 5.69 Å². The number of rotatable bonds is 5. The third kappa shape index (κ3) is 3.96. The molecule has 1 aromatic carbocycles. The molecule has 2 rings (SSSR count). The first-order chi connectivity index (χ1) is 9.06. The number of hydrogen-bond acceptors (Lipinski definition) is 3. The molecule has 0 radical (unpaired) electrons. The lowest BCUT2D eigenvalue weighted by molar-refractivity contribution is 0.631. The van der Waals surface area contributed by atoms with Crippen molar-refractivity contribution >= 4 is 33.7 Å². The number of benzene rings is 1. The Morgan fingerprint density at radius 2 is 2.21 bits per heavy atom. The number of halogens is 2. The molecule has 2 aromatic rings. The number of aromatic nitrogens is 1. The highest BCUT2D eigenvalue weighted by atomic mass is 35.5. The van der Waals surface area contributed by atoms with Crippen molar-refractivity contribution < 1.29 is 8.60 Å². The maximum absolute atomic E-state index is 13.6. The van der Waals surface area contributed by atoms with Gasteiger partial charge < -0.3 is 0 Å². The molecule has 2 nitrogen and oxygen atoms in total. The second-order valence-electron chi connectivity index (χ2n) is 3.87. The Hall–Kier alpha value is -1.04. The summed E-state index contributed by atoms with van der Waals surface area (Å²) >= 11 is 6.94. The lowest BCUT2D eigenvalue weighted by Crippen LogP contribution is -2.01. The van der Waals surface area contributed by atoms with E-state index in [2.05, 4.69) is 11.6 Å². The molecule has 0 aliphatic carbocycles. The minimum atomic E-state index is -1.13. The Bertz CT molecular complexity index is 627. The van der Waals surface area contributed by atoms with Gasteiger partial charge in [0.05, 0.1) is 17.2 Å². The van der Waals surface area contributed by atoms with Crippen LogP contribution in [0, 0.1) is 5.82 Å². The summed E-state index contributed by atoms with van der Waals surface area (Å²) in [5.41, 5.74) is 1.14. The van der Waals surface area contributed by atoms with Crippen LogP contribution in [0.15, 0.2) is 41.3 Å². The summed E-state index contributed by atoms with van der Waals surface area (Å²) in [6.07, 6.45) is 0. The topological polar surface area (TPSA) is 30.0 Å². The average Bonchev–Trinajstić information content (AvgIpc) is 2.76. The van der Waals surface area contributed by atoms with Gasteiger partial charge in [-0.05, 0) is 12.1 Å². The Labute approximate surface area is 122 Å². The normalized spacial score (nSPS) is 12.3. The molecule has 0 fully saturated rings. The van der Waals surface area contributed by atoms with Gasteiger partial charge in [-0.2, -0.15) is 0 Å². The minimum Gasteiger partial charge on any atom is -0.259 e. The molecular weight excluding hydrogens is 305 g/mol. The first-order valence-corrected chi connectivity index (χ1v) is 8.18. The van der Waals surface area contributed by atoms with Crippen LogP contribution in [0.4, 0.5) is 4.39 Å². The second-order valence-corrected chi connectivity index (χ2v) is 6.72. The van der Waals surface area contributed by atoms with Gasteiger partial charge in [0.25, 0.3) is 0 Å². The summed E-state index contributed by atoms with van der Waals surface area (Å²) in [7, 11) is -1.13. The fourth-order valence-corrected chi connectivity index (χ4v) is 3.77. The molecule has 0 saturated heterocycles. The zero-order valence-corrected chi connectivity index (χ0v) is 12.3. The standard InChI is InChI=1S/C13H11ClFNOS2/c1-9(14)7-19(17)8-10-6-18-13(16-10)11-4-2-3-5-12(11)15/h2-6H,1,7-8H2. The summed E-state index contributed by atoms with van der Waals surface area (Å²) in [6, 6.07) is 6.46. The molecule has 0 N–H and O–H groups in total. The Kier molecular flexibility index (Phi) is 4.85.